The standard InChI is InChI=1S/C11H11ClN2O/c1-2-13-11(15)10-6-7-5-8(12)3-4-9(7)14-10/h3-6,14H,2H2,1H3,(H,13,15). The van der Waals surface area contributed by atoms with E-state index < -0.39 is 0 Å². The Balaban J connectivity index is 2.42. The number of amides is 1. The number of aromatic nitrogens is 1. The minimum Gasteiger partial charge on any atom is -0.351 e. The molecule has 3 nitrogen and oxygen atoms in total. The lowest BCUT2D eigenvalue weighted by molar-refractivity contribution is 0.0951. The number of hydrogen-bond donors (Lipinski definition) is 2. The second kappa shape index (κ2) is 3.95. The van der Waals surface area contributed by atoms with Gasteiger partial charge in [0, 0.05) is 22.5 Å². The Morgan fingerprint density at radius 3 is 3.00 bits per heavy atom. The highest BCUT2D eigenvalue weighted by Gasteiger charge is 2.07. The van der Waals surface area contributed by atoms with Gasteiger partial charge in [0.2, 0.25) is 0 Å². The third-order valence-corrected chi connectivity index (χ3v) is 2.40. The Labute approximate surface area is 92.4 Å². The summed E-state index contributed by atoms with van der Waals surface area (Å²) in [5, 5.41) is 4.35. The second-order valence-electron chi connectivity index (χ2n) is 3.27. The molecule has 1 heterocycles. The first kappa shape index (κ1) is 10.1. The van der Waals surface area contributed by atoms with E-state index in [2.05, 4.69) is 10.3 Å². The number of nitrogens with one attached hydrogen (secondary N) is 2. The maximum Gasteiger partial charge on any atom is 0.267 e. The molecule has 2 rings (SSSR count). The molecule has 0 radical (unpaired) electrons. The SMILES string of the molecule is CCNC(=O)c1cc2cc(Cl)ccc2[nH]1. The monoisotopic (exact) mass is 222 g/mol. The second-order valence-corrected chi connectivity index (χ2v) is 3.71. The van der Waals surface area contributed by atoms with Gasteiger partial charge in [-0.3, -0.25) is 4.79 Å². The van der Waals surface area contributed by atoms with Gasteiger partial charge in [0.1, 0.15) is 5.69 Å². The number of benzene rings is 1. The zero-order valence-corrected chi connectivity index (χ0v) is 9.06. The van der Waals surface area contributed by atoms with Crippen LogP contribution in [0.15, 0.2) is 24.3 Å². The van der Waals surface area contributed by atoms with Crippen LogP contribution in [0.3, 0.4) is 0 Å². The van der Waals surface area contributed by atoms with Crippen molar-refractivity contribution in [1.29, 1.82) is 0 Å². The summed E-state index contributed by atoms with van der Waals surface area (Å²) in [5.74, 6) is -0.0928. The van der Waals surface area contributed by atoms with Crippen molar-refractivity contribution in [3.63, 3.8) is 0 Å². The molecule has 1 aromatic heterocycles. The summed E-state index contributed by atoms with van der Waals surface area (Å²) >= 11 is 5.85. The lowest BCUT2D eigenvalue weighted by Crippen LogP contribution is -2.22. The molecule has 0 fully saturated rings. The molecular weight excluding hydrogens is 212 g/mol. The molecule has 0 atom stereocenters. The highest BCUT2D eigenvalue weighted by atomic mass is 35.5. The fraction of sp³-hybridized carbons (Fsp3) is 0.182. The van der Waals surface area contributed by atoms with Crippen molar-refractivity contribution < 1.29 is 4.79 Å². The quantitative estimate of drug-likeness (QED) is 0.806. The van der Waals surface area contributed by atoms with Crippen LogP contribution in [0.1, 0.15) is 17.4 Å². The number of H-pyrrole nitrogens is 1. The summed E-state index contributed by atoms with van der Waals surface area (Å²) in [6, 6.07) is 7.28. The normalized spacial score (nSPS) is 10.5. The molecule has 15 heavy (non-hydrogen) atoms. The molecule has 1 amide bonds. The largest absolute Gasteiger partial charge is 0.351 e. The minimum atomic E-state index is -0.0928. The molecule has 0 spiro atoms. The average Bonchev–Trinajstić information content (AvgIpc) is 2.60. The van der Waals surface area contributed by atoms with Crippen molar-refractivity contribution in [2.45, 2.75) is 6.92 Å². The number of carbonyl (C=O) groups excluding carboxylic acids is 1. The van der Waals surface area contributed by atoms with Gasteiger partial charge in [0.05, 0.1) is 0 Å². The number of carbonyl (C=O) groups is 1. The Morgan fingerprint density at radius 2 is 2.27 bits per heavy atom. The molecule has 0 bridgehead atoms. The van der Waals surface area contributed by atoms with Crippen molar-refractivity contribution in [1.82, 2.24) is 10.3 Å². The Morgan fingerprint density at radius 1 is 1.47 bits per heavy atom. The fourth-order valence-electron chi connectivity index (χ4n) is 1.48. The van der Waals surface area contributed by atoms with E-state index in [4.69, 9.17) is 11.6 Å². The van der Waals surface area contributed by atoms with Gasteiger partial charge in [0.15, 0.2) is 0 Å². The fourth-order valence-corrected chi connectivity index (χ4v) is 1.66. The van der Waals surface area contributed by atoms with E-state index in [1.807, 2.05) is 19.1 Å². The molecule has 2 N–H and O–H groups in total. The third kappa shape index (κ3) is 1.97. The molecular formula is C11H11ClN2O. The van der Waals surface area contributed by atoms with Gasteiger partial charge >= 0.3 is 0 Å². The van der Waals surface area contributed by atoms with Crippen LogP contribution in [0.25, 0.3) is 10.9 Å². The minimum absolute atomic E-state index is 0.0928. The molecule has 4 heteroatoms. The molecule has 1 aromatic carbocycles. The predicted molar refractivity (Wildman–Crippen MR) is 61.3 cm³/mol. The number of aromatic amines is 1. The summed E-state index contributed by atoms with van der Waals surface area (Å²) in [5.41, 5.74) is 1.48. The lowest BCUT2D eigenvalue weighted by atomic mass is 10.2. The van der Waals surface area contributed by atoms with Gasteiger partial charge < -0.3 is 10.3 Å². The van der Waals surface area contributed by atoms with Crippen molar-refractivity contribution >= 4 is 28.4 Å². The van der Waals surface area contributed by atoms with E-state index in [-0.39, 0.29) is 5.91 Å². The maximum absolute atomic E-state index is 11.5. The zero-order chi connectivity index (χ0) is 10.8. The van der Waals surface area contributed by atoms with Crippen LogP contribution in [0.5, 0.6) is 0 Å². The lowest BCUT2D eigenvalue weighted by Gasteiger charge is -1.96. The van der Waals surface area contributed by atoms with Crippen LogP contribution in [0.4, 0.5) is 0 Å². The summed E-state index contributed by atoms with van der Waals surface area (Å²) in [6.45, 7) is 2.51. The summed E-state index contributed by atoms with van der Waals surface area (Å²) < 4.78 is 0. The first-order valence-electron chi connectivity index (χ1n) is 4.77. The van der Waals surface area contributed by atoms with Crippen LogP contribution < -0.4 is 5.32 Å². The number of rotatable bonds is 2. The Hall–Kier alpha value is -1.48. The number of halogens is 1. The van der Waals surface area contributed by atoms with E-state index in [0.29, 0.717) is 17.3 Å². The molecule has 0 saturated heterocycles. The van der Waals surface area contributed by atoms with Gasteiger partial charge in [-0.15, -0.1) is 0 Å². The van der Waals surface area contributed by atoms with Gasteiger partial charge in [-0.1, -0.05) is 11.6 Å². The molecule has 0 saturated carbocycles. The molecule has 2 aromatic rings. The molecule has 0 aliphatic heterocycles. The molecule has 0 aliphatic carbocycles. The van der Waals surface area contributed by atoms with E-state index in [1.54, 1.807) is 12.1 Å². The van der Waals surface area contributed by atoms with Gasteiger partial charge in [-0.25, -0.2) is 0 Å². The molecule has 78 valence electrons. The molecule has 0 unspecified atom stereocenters. The Bertz CT molecular complexity index is 504. The smallest absolute Gasteiger partial charge is 0.267 e. The topological polar surface area (TPSA) is 44.9 Å². The van der Waals surface area contributed by atoms with E-state index >= 15 is 0 Å². The summed E-state index contributed by atoms with van der Waals surface area (Å²) in [4.78, 5) is 14.6. The summed E-state index contributed by atoms with van der Waals surface area (Å²) in [6.07, 6.45) is 0. The average molecular weight is 223 g/mol. The highest BCUT2D eigenvalue weighted by molar-refractivity contribution is 6.31. The number of hydrogen-bond acceptors (Lipinski definition) is 1. The zero-order valence-electron chi connectivity index (χ0n) is 8.30. The highest BCUT2D eigenvalue weighted by Crippen LogP contribution is 2.19. The van der Waals surface area contributed by atoms with E-state index in [9.17, 15) is 4.79 Å². The third-order valence-electron chi connectivity index (χ3n) is 2.16. The van der Waals surface area contributed by atoms with Crippen molar-refractivity contribution in [3.05, 3.63) is 35.0 Å². The van der Waals surface area contributed by atoms with Crippen molar-refractivity contribution in [2.75, 3.05) is 6.54 Å². The van der Waals surface area contributed by atoms with Gasteiger partial charge in [0.25, 0.3) is 5.91 Å². The number of fused-ring (bicyclic) bond motifs is 1. The van der Waals surface area contributed by atoms with Crippen LogP contribution in [-0.4, -0.2) is 17.4 Å². The van der Waals surface area contributed by atoms with Crippen LogP contribution >= 0.6 is 11.6 Å². The summed E-state index contributed by atoms with van der Waals surface area (Å²) in [7, 11) is 0. The maximum atomic E-state index is 11.5. The first-order chi connectivity index (χ1) is 7.20. The van der Waals surface area contributed by atoms with Crippen LogP contribution in [0, 0.1) is 0 Å². The van der Waals surface area contributed by atoms with Gasteiger partial charge in [-0.2, -0.15) is 0 Å². The van der Waals surface area contributed by atoms with Crippen molar-refractivity contribution in [3.8, 4) is 0 Å². The van der Waals surface area contributed by atoms with Crippen LogP contribution in [0.2, 0.25) is 5.02 Å². The first-order valence-corrected chi connectivity index (χ1v) is 5.15. The van der Waals surface area contributed by atoms with E-state index in [1.165, 1.54) is 0 Å². The molecule has 0 aliphatic rings. The van der Waals surface area contributed by atoms with E-state index in [0.717, 1.165) is 10.9 Å². The van der Waals surface area contributed by atoms with Crippen molar-refractivity contribution in [2.24, 2.45) is 0 Å². The van der Waals surface area contributed by atoms with Crippen LogP contribution in [-0.2, 0) is 0 Å². The van der Waals surface area contributed by atoms with Gasteiger partial charge in [-0.05, 0) is 31.2 Å². The Kier molecular flexibility index (Phi) is 2.64. The predicted octanol–water partition coefficient (Wildman–Crippen LogP) is 2.57.